The molecule has 0 aromatic heterocycles. The van der Waals surface area contributed by atoms with Crippen LogP contribution in [0.2, 0.25) is 0 Å². The number of methoxy groups -OCH3 is 1. The van der Waals surface area contributed by atoms with Crippen molar-refractivity contribution in [1.29, 1.82) is 5.26 Å². The highest BCUT2D eigenvalue weighted by atomic mass is 32.2. The van der Waals surface area contributed by atoms with Gasteiger partial charge in [-0.3, -0.25) is 0 Å². The van der Waals surface area contributed by atoms with E-state index in [1.54, 1.807) is 42.5 Å². The molecule has 1 N–H and O–H groups in total. The summed E-state index contributed by atoms with van der Waals surface area (Å²) in [6.07, 6.45) is 2.17. The first-order valence-corrected chi connectivity index (χ1v) is 12.8. The summed E-state index contributed by atoms with van der Waals surface area (Å²) in [4.78, 5) is 12.7. The topological polar surface area (TPSA) is 118 Å². The zero-order valence-corrected chi connectivity index (χ0v) is 20.3. The molecule has 0 radical (unpaired) electrons. The van der Waals surface area contributed by atoms with Gasteiger partial charge in [0.1, 0.15) is 17.6 Å². The number of anilines is 1. The summed E-state index contributed by atoms with van der Waals surface area (Å²) >= 11 is 0. The molecular weight excluding hydrogens is 458 g/mol. The molecule has 2 aromatic carbocycles. The summed E-state index contributed by atoms with van der Waals surface area (Å²) in [6, 6.07) is 13.2. The van der Waals surface area contributed by atoms with E-state index in [9.17, 15) is 13.2 Å². The van der Waals surface area contributed by atoms with Crippen LogP contribution in [-0.2, 0) is 19.6 Å². The van der Waals surface area contributed by atoms with Gasteiger partial charge in [-0.05, 0) is 61.7 Å². The molecule has 0 spiro atoms. The third-order valence-electron chi connectivity index (χ3n) is 5.48. The Balaban J connectivity index is 1.84. The van der Waals surface area contributed by atoms with E-state index in [0.29, 0.717) is 60.9 Å². The molecule has 0 bridgehead atoms. The maximum Gasteiger partial charge on any atom is 0.332 e. The first kappa shape index (κ1) is 25.3. The Labute approximate surface area is 200 Å². The normalized spacial score (nSPS) is 15.7. The fourth-order valence-corrected chi connectivity index (χ4v) is 4.63. The molecule has 1 aliphatic heterocycles. The van der Waals surface area contributed by atoms with Gasteiger partial charge >= 0.3 is 5.97 Å². The van der Waals surface area contributed by atoms with E-state index in [1.165, 1.54) is 17.7 Å². The van der Waals surface area contributed by atoms with E-state index in [0.717, 1.165) is 0 Å². The number of esters is 1. The standard InChI is InChI=1S/C24H29N3O6S/c1-4-32-21-13-18(23(24(28)31-2)26-19-7-5-17(16-25)6-8-19)14-22(15-21)33-20-9-11-27(12-10-20)34(3,29)30/h5-8,13-15,20,23,26H,4,9-12H2,1-3H3. The summed E-state index contributed by atoms with van der Waals surface area (Å²) in [6.45, 7) is 3.08. The predicted molar refractivity (Wildman–Crippen MR) is 127 cm³/mol. The van der Waals surface area contributed by atoms with Crippen molar-refractivity contribution in [2.24, 2.45) is 0 Å². The van der Waals surface area contributed by atoms with Crippen molar-refractivity contribution in [3.05, 3.63) is 53.6 Å². The zero-order chi connectivity index (χ0) is 24.7. The molecule has 1 aliphatic rings. The van der Waals surface area contributed by atoms with Gasteiger partial charge < -0.3 is 19.5 Å². The molecule has 0 amide bonds. The van der Waals surface area contributed by atoms with Crippen molar-refractivity contribution in [2.75, 3.05) is 38.4 Å². The second-order valence-corrected chi connectivity index (χ2v) is 9.92. The van der Waals surface area contributed by atoms with E-state index in [-0.39, 0.29) is 6.10 Å². The monoisotopic (exact) mass is 487 g/mol. The van der Waals surface area contributed by atoms with Crippen molar-refractivity contribution < 1.29 is 27.4 Å². The highest BCUT2D eigenvalue weighted by Crippen LogP contribution is 2.31. The second kappa shape index (κ2) is 11.2. The molecule has 1 saturated heterocycles. The number of piperidine rings is 1. The minimum absolute atomic E-state index is 0.161. The second-order valence-electron chi connectivity index (χ2n) is 7.94. The predicted octanol–water partition coefficient (Wildman–Crippen LogP) is 3.09. The largest absolute Gasteiger partial charge is 0.494 e. The Morgan fingerprint density at radius 3 is 2.38 bits per heavy atom. The van der Waals surface area contributed by atoms with Gasteiger partial charge in [0, 0.05) is 24.8 Å². The molecule has 2 aromatic rings. The lowest BCUT2D eigenvalue weighted by atomic mass is 10.0. The fourth-order valence-electron chi connectivity index (χ4n) is 3.76. The highest BCUT2D eigenvalue weighted by molar-refractivity contribution is 7.88. The van der Waals surface area contributed by atoms with Gasteiger partial charge in [0.15, 0.2) is 6.04 Å². The van der Waals surface area contributed by atoms with Gasteiger partial charge in [0.05, 0.1) is 31.6 Å². The lowest BCUT2D eigenvalue weighted by molar-refractivity contribution is -0.141. The summed E-state index contributed by atoms with van der Waals surface area (Å²) < 4.78 is 41.9. The number of nitrogens with zero attached hydrogens (tertiary/aromatic N) is 2. The quantitative estimate of drug-likeness (QED) is 0.536. The number of hydrogen-bond donors (Lipinski definition) is 1. The molecule has 1 fully saturated rings. The SMILES string of the molecule is CCOc1cc(OC2CCN(S(C)(=O)=O)CC2)cc(C(Nc2ccc(C#N)cc2)C(=O)OC)c1. The van der Waals surface area contributed by atoms with Crippen molar-refractivity contribution in [2.45, 2.75) is 31.9 Å². The molecule has 0 saturated carbocycles. The number of nitriles is 1. The zero-order valence-electron chi connectivity index (χ0n) is 19.5. The van der Waals surface area contributed by atoms with Crippen LogP contribution in [0, 0.1) is 11.3 Å². The molecule has 1 atom stereocenters. The lowest BCUT2D eigenvalue weighted by Gasteiger charge is -2.30. The molecule has 182 valence electrons. The van der Waals surface area contributed by atoms with Gasteiger partial charge in [-0.15, -0.1) is 0 Å². The van der Waals surface area contributed by atoms with Crippen LogP contribution >= 0.6 is 0 Å². The molecule has 1 heterocycles. The van der Waals surface area contributed by atoms with Crippen molar-refractivity contribution >= 4 is 21.7 Å². The van der Waals surface area contributed by atoms with Crippen molar-refractivity contribution in [3.8, 4) is 17.6 Å². The number of ether oxygens (including phenoxy) is 3. The minimum atomic E-state index is -3.22. The van der Waals surface area contributed by atoms with E-state index in [2.05, 4.69) is 11.4 Å². The third-order valence-corrected chi connectivity index (χ3v) is 6.78. The first-order valence-electron chi connectivity index (χ1n) is 11.0. The Morgan fingerprint density at radius 1 is 1.18 bits per heavy atom. The van der Waals surface area contributed by atoms with Crippen LogP contribution in [0.3, 0.4) is 0 Å². The van der Waals surface area contributed by atoms with Crippen LogP contribution in [0.15, 0.2) is 42.5 Å². The van der Waals surface area contributed by atoms with Crippen LogP contribution in [-0.4, -0.2) is 57.9 Å². The number of benzene rings is 2. The summed E-state index contributed by atoms with van der Waals surface area (Å²) in [5, 5.41) is 12.2. The Kier molecular flexibility index (Phi) is 8.36. The maximum absolute atomic E-state index is 12.7. The van der Waals surface area contributed by atoms with E-state index < -0.39 is 22.0 Å². The number of carbonyl (C=O) groups excluding carboxylic acids is 1. The van der Waals surface area contributed by atoms with Gasteiger partial charge in [0.2, 0.25) is 10.0 Å². The van der Waals surface area contributed by atoms with Gasteiger partial charge in [0.25, 0.3) is 0 Å². The van der Waals surface area contributed by atoms with Crippen molar-refractivity contribution in [1.82, 2.24) is 4.31 Å². The molecule has 3 rings (SSSR count). The maximum atomic E-state index is 12.7. The average molecular weight is 488 g/mol. The van der Waals surface area contributed by atoms with E-state index in [1.807, 2.05) is 6.92 Å². The number of nitrogens with one attached hydrogen (secondary N) is 1. The minimum Gasteiger partial charge on any atom is -0.494 e. The van der Waals surface area contributed by atoms with Gasteiger partial charge in [-0.25, -0.2) is 17.5 Å². The average Bonchev–Trinajstić information content (AvgIpc) is 2.82. The molecule has 0 aliphatic carbocycles. The molecule has 1 unspecified atom stereocenters. The van der Waals surface area contributed by atoms with Crippen molar-refractivity contribution in [3.63, 3.8) is 0 Å². The lowest BCUT2D eigenvalue weighted by Crippen LogP contribution is -2.41. The van der Waals surface area contributed by atoms with Crippen LogP contribution < -0.4 is 14.8 Å². The summed E-state index contributed by atoms with van der Waals surface area (Å²) in [5.74, 6) is 0.568. The fraction of sp³-hybridized carbons (Fsp3) is 0.417. The Bertz CT molecular complexity index is 1140. The molecule has 10 heteroatoms. The van der Waals surface area contributed by atoms with Crippen LogP contribution in [0.1, 0.15) is 36.9 Å². The summed E-state index contributed by atoms with van der Waals surface area (Å²) in [5.41, 5.74) is 1.74. The first-order chi connectivity index (χ1) is 16.2. The molecular formula is C24H29N3O6S. The van der Waals surface area contributed by atoms with Crippen LogP contribution in [0.5, 0.6) is 11.5 Å². The van der Waals surface area contributed by atoms with Crippen LogP contribution in [0.25, 0.3) is 0 Å². The number of hydrogen-bond acceptors (Lipinski definition) is 8. The smallest absolute Gasteiger partial charge is 0.332 e. The number of sulfonamides is 1. The van der Waals surface area contributed by atoms with Gasteiger partial charge in [-0.1, -0.05) is 0 Å². The van der Waals surface area contributed by atoms with Gasteiger partial charge in [-0.2, -0.15) is 5.26 Å². The molecule has 9 nitrogen and oxygen atoms in total. The number of rotatable bonds is 9. The Morgan fingerprint density at radius 2 is 1.82 bits per heavy atom. The molecule has 34 heavy (non-hydrogen) atoms. The number of carbonyl (C=O) groups is 1. The van der Waals surface area contributed by atoms with Crippen LogP contribution in [0.4, 0.5) is 5.69 Å². The summed E-state index contributed by atoms with van der Waals surface area (Å²) in [7, 11) is -1.91. The highest BCUT2D eigenvalue weighted by Gasteiger charge is 2.27. The van der Waals surface area contributed by atoms with E-state index in [4.69, 9.17) is 19.5 Å². The third kappa shape index (κ3) is 6.62. The van der Waals surface area contributed by atoms with E-state index >= 15 is 0 Å². The Hall–Kier alpha value is -3.29.